The standard InChI is InChI=1S/C24H21NO4/c26-20(29-19-10-8-16(9-11-19)15-4-2-1-3-5-15)12-13-25-23(27)21-17-6-7-18(14-17)22(21)24(25)28/h1-11,17-18,21-22H,12-14H2/t17-,18-,21+,22+/m0/s1. The third-order valence-corrected chi connectivity index (χ3v) is 6.29. The molecule has 3 aliphatic rings. The summed E-state index contributed by atoms with van der Waals surface area (Å²) < 4.78 is 5.38. The minimum absolute atomic E-state index is 0.000118. The Morgan fingerprint density at radius 2 is 1.45 bits per heavy atom. The molecule has 5 heteroatoms. The van der Waals surface area contributed by atoms with Crippen molar-refractivity contribution >= 4 is 17.8 Å². The van der Waals surface area contributed by atoms with Gasteiger partial charge in [-0.1, -0.05) is 54.6 Å². The SMILES string of the molecule is O=C(CCN1C(=O)[C@H]2[C@H](C1=O)[C@H]1C=C[C@H]2C1)Oc1ccc(-c2ccccc2)cc1. The van der Waals surface area contributed by atoms with E-state index < -0.39 is 5.97 Å². The van der Waals surface area contributed by atoms with Crippen LogP contribution in [0.15, 0.2) is 66.7 Å². The van der Waals surface area contributed by atoms with Crippen molar-refractivity contribution in [2.75, 3.05) is 6.54 Å². The molecule has 0 aromatic heterocycles. The molecule has 1 aliphatic heterocycles. The molecule has 2 aromatic carbocycles. The molecule has 4 atom stereocenters. The van der Waals surface area contributed by atoms with Gasteiger partial charge in [-0.05, 0) is 41.5 Å². The van der Waals surface area contributed by atoms with Crippen molar-refractivity contribution in [1.82, 2.24) is 4.90 Å². The second kappa shape index (κ2) is 6.99. The lowest BCUT2D eigenvalue weighted by Crippen LogP contribution is -2.35. The Hall–Kier alpha value is -3.21. The number of nitrogens with zero attached hydrogens (tertiary/aromatic N) is 1. The van der Waals surface area contributed by atoms with Crippen LogP contribution in [0.2, 0.25) is 0 Å². The van der Waals surface area contributed by atoms with Crippen LogP contribution in [0.25, 0.3) is 11.1 Å². The van der Waals surface area contributed by atoms with Gasteiger partial charge in [0, 0.05) is 6.54 Å². The van der Waals surface area contributed by atoms with Crippen molar-refractivity contribution in [1.29, 1.82) is 0 Å². The van der Waals surface area contributed by atoms with Crippen molar-refractivity contribution in [2.24, 2.45) is 23.7 Å². The van der Waals surface area contributed by atoms with Gasteiger partial charge in [0.1, 0.15) is 5.75 Å². The third kappa shape index (κ3) is 3.07. The summed E-state index contributed by atoms with van der Waals surface area (Å²) in [7, 11) is 0. The van der Waals surface area contributed by atoms with E-state index in [0.717, 1.165) is 17.5 Å². The monoisotopic (exact) mass is 387 g/mol. The average molecular weight is 387 g/mol. The molecule has 0 N–H and O–H groups in total. The van der Waals surface area contributed by atoms with Crippen molar-refractivity contribution < 1.29 is 19.1 Å². The van der Waals surface area contributed by atoms with Gasteiger partial charge in [-0.3, -0.25) is 19.3 Å². The molecule has 1 heterocycles. The molecule has 2 aromatic rings. The Labute approximate surface area is 169 Å². The lowest BCUT2D eigenvalue weighted by atomic mass is 9.85. The van der Waals surface area contributed by atoms with Crippen LogP contribution >= 0.6 is 0 Å². The van der Waals surface area contributed by atoms with E-state index in [0.29, 0.717) is 5.75 Å². The predicted molar refractivity (Wildman–Crippen MR) is 107 cm³/mol. The predicted octanol–water partition coefficient (Wildman–Crippen LogP) is 3.46. The van der Waals surface area contributed by atoms with Gasteiger partial charge in [0.15, 0.2) is 0 Å². The first-order valence-electron chi connectivity index (χ1n) is 10.0. The van der Waals surface area contributed by atoms with Crippen LogP contribution in [0, 0.1) is 23.7 Å². The summed E-state index contributed by atoms with van der Waals surface area (Å²) >= 11 is 0. The number of hydrogen-bond acceptors (Lipinski definition) is 4. The van der Waals surface area contributed by atoms with Crippen molar-refractivity contribution in [3.8, 4) is 16.9 Å². The van der Waals surface area contributed by atoms with Gasteiger partial charge in [0.25, 0.3) is 0 Å². The summed E-state index contributed by atoms with van der Waals surface area (Å²) in [5.74, 6) is -0.334. The number of imide groups is 1. The summed E-state index contributed by atoms with van der Waals surface area (Å²) in [6.45, 7) is 0.0883. The fraction of sp³-hybridized carbons (Fsp3) is 0.292. The van der Waals surface area contributed by atoms with Crippen LogP contribution in [0.4, 0.5) is 0 Å². The number of carbonyl (C=O) groups is 3. The van der Waals surface area contributed by atoms with Gasteiger partial charge in [-0.25, -0.2) is 0 Å². The van der Waals surface area contributed by atoms with Crippen LogP contribution < -0.4 is 4.74 Å². The zero-order valence-corrected chi connectivity index (χ0v) is 15.9. The number of benzene rings is 2. The number of fused-ring (bicyclic) bond motifs is 5. The van der Waals surface area contributed by atoms with Crippen LogP contribution in [-0.4, -0.2) is 29.2 Å². The van der Waals surface area contributed by atoms with E-state index in [9.17, 15) is 14.4 Å². The van der Waals surface area contributed by atoms with Crippen LogP contribution in [-0.2, 0) is 14.4 Å². The highest BCUT2D eigenvalue weighted by Crippen LogP contribution is 2.52. The van der Waals surface area contributed by atoms with Crippen LogP contribution in [0.1, 0.15) is 12.8 Å². The van der Waals surface area contributed by atoms with Gasteiger partial charge in [0.05, 0.1) is 18.3 Å². The zero-order valence-electron chi connectivity index (χ0n) is 15.9. The molecule has 0 radical (unpaired) electrons. The highest BCUT2D eigenvalue weighted by molar-refractivity contribution is 6.06. The van der Waals surface area contributed by atoms with E-state index in [1.807, 2.05) is 42.5 Å². The summed E-state index contributed by atoms with van der Waals surface area (Å²) in [5, 5.41) is 0. The average Bonchev–Trinajstić information content (AvgIpc) is 3.42. The number of rotatable bonds is 5. The lowest BCUT2D eigenvalue weighted by Gasteiger charge is -2.16. The first-order chi connectivity index (χ1) is 14.1. The van der Waals surface area contributed by atoms with E-state index in [2.05, 4.69) is 12.2 Å². The number of amides is 2. The highest BCUT2D eigenvalue weighted by atomic mass is 16.5. The number of allylic oxidation sites excluding steroid dienone is 2. The highest BCUT2D eigenvalue weighted by Gasteiger charge is 2.59. The molecule has 1 saturated heterocycles. The molecule has 146 valence electrons. The van der Waals surface area contributed by atoms with Gasteiger partial charge in [0.2, 0.25) is 11.8 Å². The van der Waals surface area contributed by atoms with E-state index in [4.69, 9.17) is 4.74 Å². The fourth-order valence-corrected chi connectivity index (χ4v) is 4.92. The molecular formula is C24H21NO4. The normalized spacial score (nSPS) is 26.8. The fourth-order valence-electron chi connectivity index (χ4n) is 4.92. The molecule has 5 rings (SSSR count). The van der Waals surface area contributed by atoms with Gasteiger partial charge >= 0.3 is 5.97 Å². The third-order valence-electron chi connectivity index (χ3n) is 6.29. The Morgan fingerprint density at radius 1 is 0.862 bits per heavy atom. The van der Waals surface area contributed by atoms with E-state index in [1.54, 1.807) is 12.1 Å². The minimum atomic E-state index is -0.448. The second-order valence-electron chi connectivity index (χ2n) is 7.94. The zero-order chi connectivity index (χ0) is 20.0. The van der Waals surface area contributed by atoms with Crippen molar-refractivity contribution in [3.63, 3.8) is 0 Å². The van der Waals surface area contributed by atoms with Gasteiger partial charge < -0.3 is 4.74 Å². The number of hydrogen-bond donors (Lipinski definition) is 0. The maximum atomic E-state index is 12.6. The molecular weight excluding hydrogens is 366 g/mol. The molecule has 0 unspecified atom stereocenters. The Bertz CT molecular complexity index is 965. The summed E-state index contributed by atoms with van der Waals surface area (Å²) in [6, 6.07) is 17.2. The lowest BCUT2D eigenvalue weighted by molar-refractivity contribution is -0.142. The molecule has 2 bridgehead atoms. The molecule has 29 heavy (non-hydrogen) atoms. The maximum Gasteiger partial charge on any atom is 0.312 e. The molecule has 0 spiro atoms. The first-order valence-corrected chi connectivity index (χ1v) is 10.0. The summed E-state index contributed by atoms with van der Waals surface area (Å²) in [4.78, 5) is 38.8. The summed E-state index contributed by atoms with van der Waals surface area (Å²) in [6.07, 6.45) is 5.03. The molecule has 2 fully saturated rings. The van der Waals surface area contributed by atoms with Crippen LogP contribution in [0.5, 0.6) is 5.75 Å². The number of ether oxygens (including phenoxy) is 1. The Kier molecular flexibility index (Phi) is 4.31. The van der Waals surface area contributed by atoms with Gasteiger partial charge in [-0.2, -0.15) is 0 Å². The van der Waals surface area contributed by atoms with E-state index >= 15 is 0 Å². The molecule has 2 amide bonds. The second-order valence-corrected chi connectivity index (χ2v) is 7.94. The van der Waals surface area contributed by atoms with Crippen molar-refractivity contribution in [2.45, 2.75) is 12.8 Å². The first kappa shape index (κ1) is 17.9. The molecule has 1 saturated carbocycles. The number of carbonyl (C=O) groups excluding carboxylic acids is 3. The van der Waals surface area contributed by atoms with E-state index in [1.165, 1.54) is 4.90 Å². The molecule has 5 nitrogen and oxygen atoms in total. The number of likely N-dealkylation sites (tertiary alicyclic amines) is 1. The maximum absolute atomic E-state index is 12.6. The Morgan fingerprint density at radius 3 is 2.07 bits per heavy atom. The van der Waals surface area contributed by atoms with Crippen molar-refractivity contribution in [3.05, 3.63) is 66.7 Å². The van der Waals surface area contributed by atoms with Gasteiger partial charge in [-0.15, -0.1) is 0 Å². The smallest absolute Gasteiger partial charge is 0.312 e. The quantitative estimate of drug-likeness (QED) is 0.341. The summed E-state index contributed by atoms with van der Waals surface area (Å²) in [5.41, 5.74) is 2.12. The number of esters is 1. The minimum Gasteiger partial charge on any atom is -0.426 e. The topological polar surface area (TPSA) is 63.7 Å². The van der Waals surface area contributed by atoms with E-state index in [-0.39, 0.29) is 48.5 Å². The molecule has 2 aliphatic carbocycles. The Balaban J connectivity index is 1.18. The van der Waals surface area contributed by atoms with Crippen LogP contribution in [0.3, 0.4) is 0 Å². The largest absolute Gasteiger partial charge is 0.426 e.